The van der Waals surface area contributed by atoms with Gasteiger partial charge in [-0.05, 0) is 42.3 Å². The summed E-state index contributed by atoms with van der Waals surface area (Å²) in [6.07, 6.45) is 3.21. The summed E-state index contributed by atoms with van der Waals surface area (Å²) >= 11 is 6.23. The first-order valence-corrected chi connectivity index (χ1v) is 13.9. The molecule has 0 atom stereocenters. The molecule has 3 aliphatic heterocycles. The van der Waals surface area contributed by atoms with Crippen molar-refractivity contribution >= 4 is 57.7 Å². The second-order valence-corrected chi connectivity index (χ2v) is 11.4. The molecule has 11 nitrogen and oxygen atoms in total. The number of ether oxygens (including phenoxy) is 2. The molecule has 0 unspecified atom stereocenters. The zero-order chi connectivity index (χ0) is 28.0. The molecule has 3 aromatic rings. The SMILES string of the molecule is Cc1ccc2nc(N3CCN(Cc4ccc5c(c4)OCO5)CC3)c(C=C3SC(=S)N(CC(=O)O)C3=O)c(=O)n2c1. The van der Waals surface area contributed by atoms with Crippen LogP contribution in [-0.4, -0.2) is 80.0 Å². The predicted molar refractivity (Wildman–Crippen MR) is 154 cm³/mol. The normalized spacial score (nSPS) is 18.4. The maximum Gasteiger partial charge on any atom is 0.323 e. The first-order valence-electron chi connectivity index (χ1n) is 12.6. The molecular weight excluding hydrogens is 554 g/mol. The number of thioether (sulfide) groups is 1. The van der Waals surface area contributed by atoms with E-state index in [0.29, 0.717) is 24.6 Å². The van der Waals surface area contributed by atoms with Gasteiger partial charge in [0.25, 0.3) is 11.5 Å². The maximum atomic E-state index is 13.7. The van der Waals surface area contributed by atoms with Crippen LogP contribution >= 0.6 is 24.0 Å². The highest BCUT2D eigenvalue weighted by atomic mass is 32.2. The van der Waals surface area contributed by atoms with Gasteiger partial charge < -0.3 is 19.5 Å². The second-order valence-electron chi connectivity index (χ2n) is 9.70. The maximum absolute atomic E-state index is 13.7. The van der Waals surface area contributed by atoms with E-state index in [9.17, 15) is 19.5 Å². The lowest BCUT2D eigenvalue weighted by atomic mass is 10.1. The Morgan fingerprint density at radius 1 is 1.12 bits per heavy atom. The first kappa shape index (κ1) is 26.3. The fourth-order valence-electron chi connectivity index (χ4n) is 4.93. The summed E-state index contributed by atoms with van der Waals surface area (Å²) < 4.78 is 12.5. The van der Waals surface area contributed by atoms with Gasteiger partial charge in [0.1, 0.15) is 22.3 Å². The van der Waals surface area contributed by atoms with Crippen molar-refractivity contribution in [3.8, 4) is 11.5 Å². The molecule has 3 aliphatic rings. The fraction of sp³-hybridized carbons (Fsp3) is 0.296. The minimum Gasteiger partial charge on any atom is -0.480 e. The van der Waals surface area contributed by atoms with Crippen LogP contribution in [0.5, 0.6) is 11.5 Å². The number of aryl methyl sites for hydroxylation is 1. The molecule has 2 aromatic heterocycles. The summed E-state index contributed by atoms with van der Waals surface area (Å²) in [6.45, 7) is 5.06. The van der Waals surface area contributed by atoms with Gasteiger partial charge >= 0.3 is 5.97 Å². The minimum absolute atomic E-state index is 0.141. The summed E-state index contributed by atoms with van der Waals surface area (Å²) in [6, 6.07) is 9.65. The van der Waals surface area contributed by atoms with Crippen LogP contribution in [0.25, 0.3) is 11.7 Å². The molecule has 13 heteroatoms. The molecule has 1 aromatic carbocycles. The smallest absolute Gasteiger partial charge is 0.323 e. The first-order chi connectivity index (χ1) is 19.3. The Hall–Kier alpha value is -3.94. The number of thiocarbonyl (C=S) groups is 1. The molecule has 40 heavy (non-hydrogen) atoms. The highest BCUT2D eigenvalue weighted by Crippen LogP contribution is 2.34. The third-order valence-electron chi connectivity index (χ3n) is 6.94. The van der Waals surface area contributed by atoms with E-state index in [4.69, 9.17) is 26.7 Å². The molecular formula is C27H25N5O6S2. The van der Waals surface area contributed by atoms with E-state index in [2.05, 4.69) is 9.80 Å². The number of amides is 1. The average Bonchev–Trinajstić information content (AvgIpc) is 3.50. The minimum atomic E-state index is -1.17. The average molecular weight is 580 g/mol. The summed E-state index contributed by atoms with van der Waals surface area (Å²) in [5.74, 6) is 0.293. The molecule has 0 saturated carbocycles. The number of benzene rings is 1. The highest BCUT2D eigenvalue weighted by Gasteiger charge is 2.34. The molecule has 1 amide bonds. The lowest BCUT2D eigenvalue weighted by Crippen LogP contribution is -2.47. The van der Waals surface area contributed by atoms with Gasteiger partial charge in [-0.2, -0.15) is 0 Å². The van der Waals surface area contributed by atoms with Gasteiger partial charge in [0.05, 0.1) is 10.5 Å². The number of hydrogen-bond donors (Lipinski definition) is 1. The van der Waals surface area contributed by atoms with Crippen LogP contribution in [0, 0.1) is 6.92 Å². The Morgan fingerprint density at radius 2 is 1.90 bits per heavy atom. The molecule has 1 N–H and O–H groups in total. The molecule has 2 saturated heterocycles. The van der Waals surface area contributed by atoms with Crippen molar-refractivity contribution in [2.45, 2.75) is 13.5 Å². The number of fused-ring (bicyclic) bond motifs is 2. The van der Waals surface area contributed by atoms with Crippen molar-refractivity contribution in [2.24, 2.45) is 0 Å². The van der Waals surface area contributed by atoms with E-state index in [1.54, 1.807) is 12.3 Å². The van der Waals surface area contributed by atoms with E-state index >= 15 is 0 Å². The topological polar surface area (TPSA) is 117 Å². The Kier molecular flexibility index (Phi) is 6.94. The highest BCUT2D eigenvalue weighted by molar-refractivity contribution is 8.26. The molecule has 0 bridgehead atoms. The third kappa shape index (κ3) is 5.03. The molecule has 206 valence electrons. The number of piperazine rings is 1. The van der Waals surface area contributed by atoms with Gasteiger partial charge in [0.15, 0.2) is 11.5 Å². The number of aliphatic carboxylic acids is 1. The Morgan fingerprint density at radius 3 is 2.67 bits per heavy atom. The van der Waals surface area contributed by atoms with Gasteiger partial charge in [-0.25, -0.2) is 4.98 Å². The molecule has 6 rings (SSSR count). The van der Waals surface area contributed by atoms with E-state index in [1.807, 2.05) is 31.2 Å². The summed E-state index contributed by atoms with van der Waals surface area (Å²) in [5.41, 5.74) is 2.47. The van der Waals surface area contributed by atoms with Crippen LogP contribution in [0.2, 0.25) is 0 Å². The lowest BCUT2D eigenvalue weighted by Gasteiger charge is -2.36. The van der Waals surface area contributed by atoms with E-state index in [1.165, 1.54) is 10.5 Å². The molecule has 0 radical (unpaired) electrons. The number of hydrogen-bond acceptors (Lipinski definition) is 10. The van der Waals surface area contributed by atoms with Crippen molar-refractivity contribution in [2.75, 3.05) is 44.4 Å². The van der Waals surface area contributed by atoms with Crippen LogP contribution in [0.4, 0.5) is 5.82 Å². The number of carbonyl (C=O) groups is 2. The summed E-state index contributed by atoms with van der Waals surface area (Å²) in [7, 11) is 0. The van der Waals surface area contributed by atoms with Gasteiger partial charge in [-0.15, -0.1) is 0 Å². The predicted octanol–water partition coefficient (Wildman–Crippen LogP) is 2.34. The second kappa shape index (κ2) is 10.6. The van der Waals surface area contributed by atoms with Gasteiger partial charge in [0.2, 0.25) is 6.79 Å². The van der Waals surface area contributed by atoms with Crippen LogP contribution in [-0.2, 0) is 16.1 Å². The van der Waals surface area contributed by atoms with Crippen molar-refractivity contribution in [1.29, 1.82) is 0 Å². The molecule has 0 spiro atoms. The van der Waals surface area contributed by atoms with Crippen LogP contribution in [0.15, 0.2) is 46.2 Å². The molecule has 0 aliphatic carbocycles. The largest absolute Gasteiger partial charge is 0.480 e. The quantitative estimate of drug-likeness (QED) is 0.343. The monoisotopic (exact) mass is 579 g/mol. The number of carboxylic acid groups (broad SMARTS) is 1. The van der Waals surface area contributed by atoms with Crippen LogP contribution in [0.1, 0.15) is 16.7 Å². The number of aromatic nitrogens is 2. The van der Waals surface area contributed by atoms with Crippen molar-refractivity contribution < 1.29 is 24.2 Å². The van der Waals surface area contributed by atoms with Gasteiger partial charge in [-0.3, -0.25) is 28.6 Å². The Balaban J connectivity index is 1.29. The number of anilines is 1. The van der Waals surface area contributed by atoms with Crippen molar-refractivity contribution in [3.63, 3.8) is 0 Å². The number of nitrogens with zero attached hydrogens (tertiary/aromatic N) is 5. The van der Waals surface area contributed by atoms with Gasteiger partial charge in [0, 0.05) is 38.9 Å². The summed E-state index contributed by atoms with van der Waals surface area (Å²) in [4.78, 5) is 48.4. The zero-order valence-corrected chi connectivity index (χ0v) is 23.2. The molecule has 5 heterocycles. The number of carbonyl (C=O) groups excluding carboxylic acids is 1. The molecule has 2 fully saturated rings. The van der Waals surface area contributed by atoms with E-state index in [0.717, 1.165) is 58.9 Å². The standard InChI is InChI=1S/C27H25N5O6S2/c1-16-2-5-22-28-24(30-8-6-29(7-9-30)13-17-3-4-19-20(10-17)38-15-37-19)18(25(35)31(22)12-16)11-21-26(36)32(14-23(33)34)27(39)40-21/h2-5,10-12H,6-9,13-15H2,1H3,(H,33,34). The van der Waals surface area contributed by atoms with Crippen LogP contribution < -0.4 is 19.9 Å². The summed E-state index contributed by atoms with van der Waals surface area (Å²) in [5, 5.41) is 9.18. The number of rotatable bonds is 6. The van der Waals surface area contributed by atoms with E-state index in [-0.39, 0.29) is 27.1 Å². The zero-order valence-electron chi connectivity index (χ0n) is 21.5. The number of carboxylic acids is 1. The van der Waals surface area contributed by atoms with Crippen LogP contribution in [0.3, 0.4) is 0 Å². The van der Waals surface area contributed by atoms with Gasteiger partial charge in [-0.1, -0.05) is 36.1 Å². The Labute approximate surface area is 238 Å². The fourth-order valence-corrected chi connectivity index (χ4v) is 6.17. The lowest BCUT2D eigenvalue weighted by molar-refractivity contribution is -0.140. The van der Waals surface area contributed by atoms with Crippen molar-refractivity contribution in [3.05, 3.63) is 68.5 Å². The van der Waals surface area contributed by atoms with E-state index < -0.39 is 18.4 Å². The number of pyridine rings is 1. The Bertz CT molecular complexity index is 1650. The van der Waals surface area contributed by atoms with Crippen molar-refractivity contribution in [1.82, 2.24) is 19.2 Å². The third-order valence-corrected chi connectivity index (χ3v) is 8.32.